The largest absolute Gasteiger partial charge is 0.337 e. The lowest BCUT2D eigenvalue weighted by atomic mass is 9.97. The van der Waals surface area contributed by atoms with Crippen LogP contribution in [-0.4, -0.2) is 12.6 Å². The van der Waals surface area contributed by atoms with E-state index in [1.54, 1.807) is 0 Å². The molecular weight excluding hydrogens is 268 g/mol. The fraction of sp³-hybridized carbons (Fsp3) is 0.417. The molecule has 0 fully saturated rings. The van der Waals surface area contributed by atoms with Crippen molar-refractivity contribution < 1.29 is 4.79 Å². The van der Waals surface area contributed by atoms with Gasteiger partial charge in [0.1, 0.15) is 0 Å². The molecule has 1 rings (SSSR count). The van der Waals surface area contributed by atoms with Gasteiger partial charge in [-0.2, -0.15) is 0 Å². The molecule has 0 aliphatic rings. The van der Waals surface area contributed by atoms with E-state index in [2.05, 4.69) is 47.3 Å². The first kappa shape index (κ1) is 13.0. The predicted octanol–water partition coefficient (Wildman–Crippen LogP) is 3.62. The summed E-state index contributed by atoms with van der Waals surface area (Å²) in [5.74, 6) is 0. The molecule has 0 saturated heterocycles. The van der Waals surface area contributed by atoms with Crippen molar-refractivity contribution >= 4 is 27.6 Å². The topological polar surface area (TPSA) is 41.1 Å². The summed E-state index contributed by atoms with van der Waals surface area (Å²) >= 11 is 3.37. The second-order valence-corrected chi connectivity index (χ2v) is 5.70. The van der Waals surface area contributed by atoms with Gasteiger partial charge in [-0.1, -0.05) is 32.9 Å². The highest BCUT2D eigenvalue weighted by Crippen LogP contribution is 2.21. The van der Waals surface area contributed by atoms with Crippen LogP contribution in [0, 0.1) is 5.41 Å². The third-order valence-corrected chi connectivity index (χ3v) is 2.59. The molecule has 0 atom stereocenters. The maximum absolute atomic E-state index is 11.6. The highest BCUT2D eigenvalue weighted by molar-refractivity contribution is 9.10. The number of nitrogens with one attached hydrogen (secondary N) is 2. The summed E-state index contributed by atoms with van der Waals surface area (Å²) < 4.78 is 0.876. The molecule has 3 nitrogen and oxygen atoms in total. The van der Waals surface area contributed by atoms with Gasteiger partial charge in [-0.3, -0.25) is 0 Å². The number of amides is 2. The van der Waals surface area contributed by atoms with E-state index < -0.39 is 0 Å². The highest BCUT2D eigenvalue weighted by atomic mass is 79.9. The van der Waals surface area contributed by atoms with Gasteiger partial charge in [0.15, 0.2) is 0 Å². The molecule has 0 unspecified atom stereocenters. The summed E-state index contributed by atoms with van der Waals surface area (Å²) in [6.07, 6.45) is 0. The Morgan fingerprint density at radius 1 is 1.31 bits per heavy atom. The quantitative estimate of drug-likeness (QED) is 0.856. The molecule has 2 N–H and O–H groups in total. The van der Waals surface area contributed by atoms with E-state index >= 15 is 0 Å². The number of rotatable bonds is 2. The van der Waals surface area contributed by atoms with Gasteiger partial charge in [-0.15, -0.1) is 0 Å². The van der Waals surface area contributed by atoms with Crippen LogP contribution in [0.5, 0.6) is 0 Å². The Hall–Kier alpha value is -1.03. The normalized spacial score (nSPS) is 11.0. The van der Waals surface area contributed by atoms with Crippen molar-refractivity contribution in [2.24, 2.45) is 5.41 Å². The van der Waals surface area contributed by atoms with Crippen molar-refractivity contribution in [2.45, 2.75) is 20.8 Å². The molecule has 0 radical (unpaired) electrons. The summed E-state index contributed by atoms with van der Waals surface area (Å²) in [5.41, 5.74) is 0.861. The maximum atomic E-state index is 11.6. The van der Waals surface area contributed by atoms with Crippen LogP contribution in [0.2, 0.25) is 0 Å². The van der Waals surface area contributed by atoms with Crippen molar-refractivity contribution in [2.75, 3.05) is 11.9 Å². The molecule has 0 aromatic heterocycles. The summed E-state index contributed by atoms with van der Waals surface area (Å²) in [7, 11) is 0. The first-order valence-electron chi connectivity index (χ1n) is 5.18. The zero-order chi connectivity index (χ0) is 12.2. The van der Waals surface area contributed by atoms with Crippen LogP contribution in [-0.2, 0) is 0 Å². The lowest BCUT2D eigenvalue weighted by molar-refractivity contribution is 0.247. The average molecular weight is 285 g/mol. The van der Waals surface area contributed by atoms with Crippen LogP contribution in [0.3, 0.4) is 0 Å². The molecule has 0 aliphatic heterocycles. The lowest BCUT2D eigenvalue weighted by Crippen LogP contribution is -2.35. The third-order valence-electron chi connectivity index (χ3n) is 1.90. The van der Waals surface area contributed by atoms with E-state index in [1.807, 2.05) is 24.3 Å². The monoisotopic (exact) mass is 284 g/mol. The van der Waals surface area contributed by atoms with Crippen molar-refractivity contribution in [3.05, 3.63) is 28.7 Å². The molecule has 0 heterocycles. The first-order valence-corrected chi connectivity index (χ1v) is 5.97. The van der Waals surface area contributed by atoms with Crippen molar-refractivity contribution in [3.63, 3.8) is 0 Å². The van der Waals surface area contributed by atoms with Crippen molar-refractivity contribution in [1.29, 1.82) is 0 Å². The smallest absolute Gasteiger partial charge is 0.319 e. The van der Waals surface area contributed by atoms with E-state index in [9.17, 15) is 4.79 Å². The molecule has 1 aromatic carbocycles. The Labute approximate surface area is 105 Å². The van der Waals surface area contributed by atoms with Crippen LogP contribution < -0.4 is 10.6 Å². The Morgan fingerprint density at radius 2 is 1.94 bits per heavy atom. The molecule has 0 saturated carbocycles. The zero-order valence-corrected chi connectivity index (χ0v) is 11.4. The minimum absolute atomic E-state index is 0.0886. The van der Waals surface area contributed by atoms with E-state index in [4.69, 9.17) is 0 Å². The number of carbonyl (C=O) groups is 1. The van der Waals surface area contributed by atoms with Gasteiger partial charge in [0, 0.05) is 11.0 Å². The molecular formula is C12H17BrN2O. The zero-order valence-electron chi connectivity index (χ0n) is 9.80. The van der Waals surface area contributed by atoms with Gasteiger partial charge >= 0.3 is 6.03 Å². The van der Waals surface area contributed by atoms with Crippen molar-refractivity contribution in [3.8, 4) is 0 Å². The number of anilines is 1. The number of urea groups is 1. The Balaban J connectivity index is 2.50. The molecule has 16 heavy (non-hydrogen) atoms. The van der Waals surface area contributed by atoms with Crippen LogP contribution in [0.1, 0.15) is 20.8 Å². The molecule has 1 aromatic rings. The first-order chi connectivity index (χ1) is 7.38. The van der Waals surface area contributed by atoms with Crippen LogP contribution in [0.25, 0.3) is 0 Å². The minimum Gasteiger partial charge on any atom is -0.337 e. The summed E-state index contributed by atoms with van der Waals surface area (Å²) in [5, 5.41) is 5.61. The molecule has 0 spiro atoms. The second kappa shape index (κ2) is 5.34. The van der Waals surface area contributed by atoms with Gasteiger partial charge in [-0.05, 0) is 33.5 Å². The summed E-state index contributed by atoms with van der Waals surface area (Å²) in [6.45, 7) is 6.87. The molecule has 4 heteroatoms. The summed E-state index contributed by atoms with van der Waals surface area (Å²) in [4.78, 5) is 11.6. The van der Waals surface area contributed by atoms with Gasteiger partial charge in [-0.25, -0.2) is 4.79 Å². The Kier molecular flexibility index (Phi) is 4.35. The number of carbonyl (C=O) groups excluding carboxylic acids is 1. The van der Waals surface area contributed by atoms with E-state index in [0.29, 0.717) is 6.54 Å². The van der Waals surface area contributed by atoms with E-state index in [-0.39, 0.29) is 11.4 Å². The van der Waals surface area contributed by atoms with Crippen LogP contribution in [0.4, 0.5) is 10.5 Å². The maximum Gasteiger partial charge on any atom is 0.319 e. The Morgan fingerprint density at radius 3 is 2.50 bits per heavy atom. The Bertz CT molecular complexity index is 372. The van der Waals surface area contributed by atoms with Crippen LogP contribution in [0.15, 0.2) is 28.7 Å². The highest BCUT2D eigenvalue weighted by Gasteiger charge is 2.12. The molecule has 0 aliphatic carbocycles. The molecule has 88 valence electrons. The molecule has 2 amide bonds. The van der Waals surface area contributed by atoms with Gasteiger partial charge in [0.2, 0.25) is 0 Å². The standard InChI is InChI=1S/C12H17BrN2O/c1-12(2,3)8-14-11(16)15-10-7-5-4-6-9(10)13/h4-7H,8H2,1-3H3,(H2,14,15,16). The van der Waals surface area contributed by atoms with Crippen LogP contribution >= 0.6 is 15.9 Å². The second-order valence-electron chi connectivity index (χ2n) is 4.85. The number of para-hydroxylation sites is 1. The average Bonchev–Trinajstić information content (AvgIpc) is 2.18. The lowest BCUT2D eigenvalue weighted by Gasteiger charge is -2.19. The van der Waals surface area contributed by atoms with Crippen molar-refractivity contribution in [1.82, 2.24) is 5.32 Å². The van der Waals surface area contributed by atoms with Gasteiger partial charge in [0.25, 0.3) is 0 Å². The third kappa shape index (κ3) is 4.66. The SMILES string of the molecule is CC(C)(C)CNC(=O)Nc1ccccc1Br. The summed E-state index contributed by atoms with van der Waals surface area (Å²) in [6, 6.07) is 7.34. The number of benzene rings is 1. The minimum atomic E-state index is -0.179. The van der Waals surface area contributed by atoms with E-state index in [0.717, 1.165) is 10.2 Å². The fourth-order valence-corrected chi connectivity index (χ4v) is 1.46. The number of hydrogen-bond acceptors (Lipinski definition) is 1. The van der Waals surface area contributed by atoms with Gasteiger partial charge in [0.05, 0.1) is 5.69 Å². The van der Waals surface area contributed by atoms with E-state index in [1.165, 1.54) is 0 Å². The predicted molar refractivity (Wildman–Crippen MR) is 70.6 cm³/mol. The molecule has 0 bridgehead atoms. The number of hydrogen-bond donors (Lipinski definition) is 2. The number of halogens is 1. The van der Waals surface area contributed by atoms with Gasteiger partial charge < -0.3 is 10.6 Å². The fourth-order valence-electron chi connectivity index (χ4n) is 1.07.